The van der Waals surface area contributed by atoms with Crippen LogP contribution < -0.4 is 4.90 Å². The summed E-state index contributed by atoms with van der Waals surface area (Å²) in [7, 11) is 0. The molecule has 0 bridgehead atoms. The van der Waals surface area contributed by atoms with Crippen molar-refractivity contribution in [1.82, 2.24) is 9.88 Å². The van der Waals surface area contributed by atoms with Gasteiger partial charge in [-0.2, -0.15) is 0 Å². The average Bonchev–Trinajstić information content (AvgIpc) is 3.20. The number of thiazole rings is 1. The summed E-state index contributed by atoms with van der Waals surface area (Å²) in [4.78, 5) is 9.71. The molecule has 1 saturated heterocycles. The molecule has 0 radical (unpaired) electrons. The average molecular weight is 396 g/mol. The summed E-state index contributed by atoms with van der Waals surface area (Å²) in [5.41, 5.74) is 3.40. The van der Waals surface area contributed by atoms with Crippen LogP contribution in [0, 0.1) is 0 Å². The smallest absolute Gasteiger partial charge is 0.185 e. The van der Waals surface area contributed by atoms with Gasteiger partial charge in [-0.1, -0.05) is 66.2 Å². The van der Waals surface area contributed by atoms with Crippen molar-refractivity contribution >= 4 is 34.1 Å². The van der Waals surface area contributed by atoms with Crippen molar-refractivity contribution in [3.8, 4) is 11.3 Å². The van der Waals surface area contributed by atoms with Crippen LogP contribution in [-0.4, -0.2) is 42.6 Å². The Kier molecular flexibility index (Phi) is 5.87. The van der Waals surface area contributed by atoms with Crippen LogP contribution >= 0.6 is 22.9 Å². The predicted octanol–water partition coefficient (Wildman–Crippen LogP) is 5.30. The summed E-state index contributed by atoms with van der Waals surface area (Å²) in [6.45, 7) is 5.17. The van der Waals surface area contributed by atoms with E-state index < -0.39 is 0 Å². The van der Waals surface area contributed by atoms with Crippen LogP contribution in [0.1, 0.15) is 5.56 Å². The van der Waals surface area contributed by atoms with E-state index in [-0.39, 0.29) is 0 Å². The van der Waals surface area contributed by atoms with Crippen LogP contribution in [0.4, 0.5) is 5.13 Å². The van der Waals surface area contributed by atoms with Crippen molar-refractivity contribution < 1.29 is 0 Å². The van der Waals surface area contributed by atoms with Crippen LogP contribution in [0.25, 0.3) is 17.3 Å². The molecule has 2 heterocycles. The highest BCUT2D eigenvalue weighted by Gasteiger charge is 2.18. The molecule has 1 aromatic heterocycles. The Morgan fingerprint density at radius 3 is 2.44 bits per heavy atom. The lowest BCUT2D eigenvalue weighted by Crippen LogP contribution is -2.46. The van der Waals surface area contributed by atoms with Crippen molar-refractivity contribution in [2.45, 2.75) is 0 Å². The number of aromatic nitrogens is 1. The maximum absolute atomic E-state index is 5.98. The van der Waals surface area contributed by atoms with Gasteiger partial charge >= 0.3 is 0 Å². The van der Waals surface area contributed by atoms with Gasteiger partial charge in [0.15, 0.2) is 5.13 Å². The highest BCUT2D eigenvalue weighted by atomic mass is 35.5. The van der Waals surface area contributed by atoms with Gasteiger partial charge in [-0.3, -0.25) is 4.90 Å². The Hall–Kier alpha value is -2.14. The number of piperazine rings is 1. The van der Waals surface area contributed by atoms with E-state index in [9.17, 15) is 0 Å². The molecule has 0 spiro atoms. The molecular weight excluding hydrogens is 374 g/mol. The molecule has 0 saturated carbocycles. The first-order valence-corrected chi connectivity index (χ1v) is 10.4. The van der Waals surface area contributed by atoms with Gasteiger partial charge < -0.3 is 4.90 Å². The molecule has 1 aliphatic heterocycles. The zero-order valence-electron chi connectivity index (χ0n) is 15.1. The van der Waals surface area contributed by atoms with Gasteiger partial charge in [0, 0.05) is 48.7 Å². The highest BCUT2D eigenvalue weighted by Crippen LogP contribution is 2.28. The van der Waals surface area contributed by atoms with Crippen molar-refractivity contribution in [2.24, 2.45) is 0 Å². The van der Waals surface area contributed by atoms with Gasteiger partial charge in [0.05, 0.1) is 5.69 Å². The molecule has 4 rings (SSSR count). The minimum atomic E-state index is 0.756. The zero-order chi connectivity index (χ0) is 18.5. The SMILES string of the molecule is Clc1ccc(-c2csc(N3CCN(C/C=C/c4ccccc4)CC3)n2)cc1. The van der Waals surface area contributed by atoms with Crippen molar-refractivity contribution in [1.29, 1.82) is 0 Å². The Labute approximate surface area is 169 Å². The number of nitrogens with zero attached hydrogens (tertiary/aromatic N) is 3. The summed E-state index contributed by atoms with van der Waals surface area (Å²) >= 11 is 7.70. The first-order valence-electron chi connectivity index (χ1n) is 9.18. The predicted molar refractivity (Wildman–Crippen MR) is 117 cm³/mol. The van der Waals surface area contributed by atoms with Crippen LogP contribution in [-0.2, 0) is 0 Å². The fraction of sp³-hybridized carbons (Fsp3) is 0.227. The molecule has 5 heteroatoms. The van der Waals surface area contributed by atoms with E-state index in [2.05, 4.69) is 51.6 Å². The number of anilines is 1. The molecular formula is C22H22ClN3S. The molecule has 3 aromatic rings. The van der Waals surface area contributed by atoms with E-state index in [1.807, 2.05) is 30.3 Å². The lowest BCUT2D eigenvalue weighted by molar-refractivity contribution is 0.284. The molecule has 0 aliphatic carbocycles. The van der Waals surface area contributed by atoms with Crippen molar-refractivity contribution in [3.63, 3.8) is 0 Å². The molecule has 0 unspecified atom stereocenters. The summed E-state index contributed by atoms with van der Waals surface area (Å²) in [6, 6.07) is 18.3. The van der Waals surface area contributed by atoms with Gasteiger partial charge in [0.1, 0.15) is 0 Å². The number of hydrogen-bond donors (Lipinski definition) is 0. The fourth-order valence-electron chi connectivity index (χ4n) is 3.19. The maximum atomic E-state index is 5.98. The number of rotatable bonds is 5. The van der Waals surface area contributed by atoms with E-state index in [4.69, 9.17) is 16.6 Å². The second kappa shape index (κ2) is 8.70. The number of halogens is 1. The van der Waals surface area contributed by atoms with E-state index in [1.54, 1.807) is 11.3 Å². The monoisotopic (exact) mass is 395 g/mol. The topological polar surface area (TPSA) is 19.4 Å². The molecule has 138 valence electrons. The molecule has 3 nitrogen and oxygen atoms in total. The Morgan fingerprint density at radius 1 is 0.963 bits per heavy atom. The summed E-state index contributed by atoms with van der Waals surface area (Å²) < 4.78 is 0. The van der Waals surface area contributed by atoms with Gasteiger partial charge in [-0.15, -0.1) is 11.3 Å². The number of hydrogen-bond acceptors (Lipinski definition) is 4. The first-order chi connectivity index (χ1) is 13.3. The molecule has 1 fully saturated rings. The van der Waals surface area contributed by atoms with Crippen molar-refractivity contribution in [2.75, 3.05) is 37.6 Å². The molecule has 0 N–H and O–H groups in total. The van der Waals surface area contributed by atoms with E-state index in [1.165, 1.54) is 5.56 Å². The lowest BCUT2D eigenvalue weighted by Gasteiger charge is -2.33. The van der Waals surface area contributed by atoms with Gasteiger partial charge in [0.2, 0.25) is 0 Å². The second-order valence-corrected chi connectivity index (χ2v) is 7.90. The van der Waals surface area contributed by atoms with Crippen molar-refractivity contribution in [3.05, 3.63) is 76.6 Å². The van der Waals surface area contributed by atoms with Crippen LogP contribution in [0.5, 0.6) is 0 Å². The van der Waals surface area contributed by atoms with Gasteiger partial charge in [0.25, 0.3) is 0 Å². The summed E-state index contributed by atoms with van der Waals surface area (Å²) in [5.74, 6) is 0. The van der Waals surface area contributed by atoms with Gasteiger partial charge in [-0.25, -0.2) is 4.98 Å². The second-order valence-electron chi connectivity index (χ2n) is 6.62. The van der Waals surface area contributed by atoms with Crippen LogP contribution in [0.2, 0.25) is 5.02 Å². The minimum absolute atomic E-state index is 0.756. The third-order valence-electron chi connectivity index (χ3n) is 4.75. The Bertz CT molecular complexity index is 881. The minimum Gasteiger partial charge on any atom is -0.346 e. The van der Waals surface area contributed by atoms with E-state index in [0.29, 0.717) is 0 Å². The van der Waals surface area contributed by atoms with E-state index >= 15 is 0 Å². The molecule has 0 amide bonds. The van der Waals surface area contributed by atoms with Crippen LogP contribution in [0.3, 0.4) is 0 Å². The van der Waals surface area contributed by atoms with E-state index in [0.717, 1.165) is 54.1 Å². The molecule has 0 atom stereocenters. The van der Waals surface area contributed by atoms with Gasteiger partial charge in [-0.05, 0) is 17.7 Å². The lowest BCUT2D eigenvalue weighted by atomic mass is 10.2. The fourth-order valence-corrected chi connectivity index (χ4v) is 4.20. The number of benzene rings is 2. The van der Waals surface area contributed by atoms with Crippen LogP contribution in [0.15, 0.2) is 66.1 Å². The molecule has 27 heavy (non-hydrogen) atoms. The standard InChI is InChI=1S/C22H22ClN3S/c23-20-10-8-19(9-11-20)21-17-27-22(24-21)26-15-13-25(14-16-26)12-4-7-18-5-2-1-3-6-18/h1-11,17H,12-16H2/b7-4+. The summed E-state index contributed by atoms with van der Waals surface area (Å²) in [5, 5.41) is 4.00. The quantitative estimate of drug-likeness (QED) is 0.584. The molecule has 1 aliphatic rings. The first kappa shape index (κ1) is 18.2. The Balaban J connectivity index is 1.30. The Morgan fingerprint density at radius 2 is 1.70 bits per heavy atom. The maximum Gasteiger partial charge on any atom is 0.185 e. The third kappa shape index (κ3) is 4.78. The largest absolute Gasteiger partial charge is 0.346 e. The molecule has 2 aromatic carbocycles. The zero-order valence-corrected chi connectivity index (χ0v) is 16.7. The normalized spacial score (nSPS) is 15.5. The highest BCUT2D eigenvalue weighted by molar-refractivity contribution is 7.14. The third-order valence-corrected chi connectivity index (χ3v) is 5.90. The summed E-state index contributed by atoms with van der Waals surface area (Å²) in [6.07, 6.45) is 4.46.